The number of hydrogen-bond acceptors (Lipinski definition) is 6. The highest BCUT2D eigenvalue weighted by atomic mass is 16.6. The standard InChI is InChI=1S/C19H20N4O4/c1-12(2)27-18-7-4-14(10-20)9-17(18)21-11-19(24)22-16-6-5-15(23(25)26)8-13(16)3/h4-9,12,21H,11H2,1-3H3,(H,22,24). The van der Waals surface area contributed by atoms with Crippen LogP contribution in [-0.2, 0) is 4.79 Å². The van der Waals surface area contributed by atoms with Crippen LogP contribution >= 0.6 is 0 Å². The first kappa shape index (κ1) is 19.7. The summed E-state index contributed by atoms with van der Waals surface area (Å²) >= 11 is 0. The quantitative estimate of drug-likeness (QED) is 0.569. The van der Waals surface area contributed by atoms with E-state index >= 15 is 0 Å². The Morgan fingerprint density at radius 1 is 1.26 bits per heavy atom. The number of ether oxygens (including phenoxy) is 1. The number of carbonyl (C=O) groups excluding carboxylic acids is 1. The molecule has 0 fully saturated rings. The molecule has 2 aromatic rings. The smallest absolute Gasteiger partial charge is 0.269 e. The second kappa shape index (κ2) is 8.67. The van der Waals surface area contributed by atoms with Crippen LogP contribution in [0.5, 0.6) is 5.75 Å². The number of benzene rings is 2. The maximum atomic E-state index is 12.2. The van der Waals surface area contributed by atoms with Gasteiger partial charge in [0.05, 0.1) is 34.9 Å². The molecule has 2 N–H and O–H groups in total. The topological polar surface area (TPSA) is 117 Å². The first-order valence-electron chi connectivity index (χ1n) is 8.29. The van der Waals surface area contributed by atoms with Gasteiger partial charge >= 0.3 is 0 Å². The van der Waals surface area contributed by atoms with Gasteiger partial charge in [-0.1, -0.05) is 0 Å². The molecule has 2 rings (SSSR count). The summed E-state index contributed by atoms with van der Waals surface area (Å²) in [6.07, 6.45) is -0.0601. The third kappa shape index (κ3) is 5.44. The molecule has 0 bridgehead atoms. The Balaban J connectivity index is 2.07. The molecule has 140 valence electrons. The van der Waals surface area contributed by atoms with Crippen LogP contribution in [0.2, 0.25) is 0 Å². The summed E-state index contributed by atoms with van der Waals surface area (Å²) in [5.41, 5.74) is 2.04. The number of nitrogens with zero attached hydrogens (tertiary/aromatic N) is 2. The van der Waals surface area contributed by atoms with Gasteiger partial charge in [0.1, 0.15) is 5.75 Å². The maximum absolute atomic E-state index is 12.2. The van der Waals surface area contributed by atoms with Crippen LogP contribution in [0.25, 0.3) is 0 Å². The number of carbonyl (C=O) groups is 1. The van der Waals surface area contributed by atoms with Crippen LogP contribution < -0.4 is 15.4 Å². The zero-order chi connectivity index (χ0) is 20.0. The number of nitro benzene ring substituents is 1. The van der Waals surface area contributed by atoms with Gasteiger partial charge in [0.2, 0.25) is 5.91 Å². The van der Waals surface area contributed by atoms with E-state index in [0.29, 0.717) is 28.3 Å². The largest absolute Gasteiger partial charge is 0.489 e. The van der Waals surface area contributed by atoms with Crippen molar-refractivity contribution in [3.8, 4) is 11.8 Å². The number of nitrogens with one attached hydrogen (secondary N) is 2. The molecule has 0 aliphatic carbocycles. The van der Waals surface area contributed by atoms with Crippen molar-refractivity contribution in [3.05, 3.63) is 57.6 Å². The second-order valence-electron chi connectivity index (χ2n) is 6.15. The molecule has 0 aliphatic rings. The number of anilines is 2. The van der Waals surface area contributed by atoms with E-state index in [0.717, 1.165) is 0 Å². The van der Waals surface area contributed by atoms with Gasteiger partial charge in [0.25, 0.3) is 5.69 Å². The minimum Gasteiger partial charge on any atom is -0.489 e. The molecule has 0 radical (unpaired) electrons. The average Bonchev–Trinajstić information content (AvgIpc) is 2.62. The number of rotatable bonds is 7. The van der Waals surface area contributed by atoms with E-state index in [9.17, 15) is 14.9 Å². The number of nitro groups is 1. The van der Waals surface area contributed by atoms with Crippen LogP contribution in [-0.4, -0.2) is 23.5 Å². The van der Waals surface area contributed by atoms with Gasteiger partial charge in [-0.3, -0.25) is 14.9 Å². The molecule has 8 nitrogen and oxygen atoms in total. The summed E-state index contributed by atoms with van der Waals surface area (Å²) in [6, 6.07) is 11.2. The highest BCUT2D eigenvalue weighted by molar-refractivity contribution is 5.94. The van der Waals surface area contributed by atoms with Gasteiger partial charge in [-0.05, 0) is 50.6 Å². The summed E-state index contributed by atoms with van der Waals surface area (Å²) in [6.45, 7) is 5.39. The molecule has 1 amide bonds. The monoisotopic (exact) mass is 368 g/mol. The number of hydrogen-bond donors (Lipinski definition) is 2. The van der Waals surface area contributed by atoms with Crippen molar-refractivity contribution in [2.75, 3.05) is 17.2 Å². The van der Waals surface area contributed by atoms with E-state index in [4.69, 9.17) is 10.00 Å². The summed E-state index contributed by atoms with van der Waals surface area (Å²) in [5.74, 6) is 0.216. The number of nitriles is 1. The van der Waals surface area contributed by atoms with E-state index in [1.165, 1.54) is 18.2 Å². The van der Waals surface area contributed by atoms with Crippen LogP contribution in [0.3, 0.4) is 0 Å². The lowest BCUT2D eigenvalue weighted by atomic mass is 10.1. The van der Waals surface area contributed by atoms with Crippen molar-refractivity contribution < 1.29 is 14.5 Å². The normalized spacial score (nSPS) is 10.2. The molecular weight excluding hydrogens is 348 g/mol. The molecular formula is C19H20N4O4. The van der Waals surface area contributed by atoms with E-state index in [-0.39, 0.29) is 24.2 Å². The SMILES string of the molecule is Cc1cc([N+](=O)[O-])ccc1NC(=O)CNc1cc(C#N)ccc1OC(C)C. The van der Waals surface area contributed by atoms with Crippen LogP contribution in [0.4, 0.5) is 17.1 Å². The van der Waals surface area contributed by atoms with Crippen molar-refractivity contribution in [2.45, 2.75) is 26.9 Å². The summed E-state index contributed by atoms with van der Waals surface area (Å²) in [4.78, 5) is 22.5. The number of aryl methyl sites for hydroxylation is 1. The van der Waals surface area contributed by atoms with Gasteiger partial charge in [-0.15, -0.1) is 0 Å². The molecule has 0 saturated heterocycles. The first-order valence-corrected chi connectivity index (χ1v) is 8.29. The van der Waals surface area contributed by atoms with E-state index in [2.05, 4.69) is 10.6 Å². The second-order valence-corrected chi connectivity index (χ2v) is 6.15. The van der Waals surface area contributed by atoms with E-state index in [1.807, 2.05) is 19.9 Å². The average molecular weight is 368 g/mol. The van der Waals surface area contributed by atoms with E-state index < -0.39 is 4.92 Å². The molecule has 0 heterocycles. The minimum absolute atomic E-state index is 0.0348. The third-order valence-corrected chi connectivity index (χ3v) is 3.61. The minimum atomic E-state index is -0.488. The Kier molecular flexibility index (Phi) is 6.33. The van der Waals surface area contributed by atoms with Crippen molar-refractivity contribution in [2.24, 2.45) is 0 Å². The van der Waals surface area contributed by atoms with Gasteiger partial charge in [-0.2, -0.15) is 5.26 Å². The maximum Gasteiger partial charge on any atom is 0.269 e. The Hall–Kier alpha value is -3.60. The van der Waals surface area contributed by atoms with Crippen molar-refractivity contribution in [1.29, 1.82) is 5.26 Å². The Morgan fingerprint density at radius 3 is 2.59 bits per heavy atom. The fourth-order valence-corrected chi connectivity index (χ4v) is 2.37. The molecule has 8 heteroatoms. The predicted molar refractivity (Wildman–Crippen MR) is 102 cm³/mol. The molecule has 0 spiro atoms. The third-order valence-electron chi connectivity index (χ3n) is 3.61. The van der Waals surface area contributed by atoms with Crippen LogP contribution in [0.1, 0.15) is 25.0 Å². The fraction of sp³-hybridized carbons (Fsp3) is 0.263. The van der Waals surface area contributed by atoms with Crippen molar-refractivity contribution in [3.63, 3.8) is 0 Å². The molecule has 2 aromatic carbocycles. The highest BCUT2D eigenvalue weighted by Crippen LogP contribution is 2.27. The van der Waals surface area contributed by atoms with Crippen molar-refractivity contribution in [1.82, 2.24) is 0 Å². The Labute approximate surface area is 156 Å². The van der Waals surface area contributed by atoms with Gasteiger partial charge in [-0.25, -0.2) is 0 Å². The molecule has 0 unspecified atom stereocenters. The number of amides is 1. The summed E-state index contributed by atoms with van der Waals surface area (Å²) in [7, 11) is 0. The fourth-order valence-electron chi connectivity index (χ4n) is 2.37. The van der Waals surface area contributed by atoms with Crippen LogP contribution in [0, 0.1) is 28.4 Å². The number of non-ortho nitro benzene ring substituents is 1. The molecule has 0 saturated carbocycles. The van der Waals surface area contributed by atoms with E-state index in [1.54, 1.807) is 25.1 Å². The molecule has 0 atom stereocenters. The molecule has 0 aromatic heterocycles. The van der Waals surface area contributed by atoms with Gasteiger partial charge < -0.3 is 15.4 Å². The highest BCUT2D eigenvalue weighted by Gasteiger charge is 2.12. The molecule has 27 heavy (non-hydrogen) atoms. The van der Waals surface area contributed by atoms with Gasteiger partial charge in [0.15, 0.2) is 0 Å². The first-order chi connectivity index (χ1) is 12.8. The predicted octanol–water partition coefficient (Wildman–Crippen LogP) is 3.61. The lowest BCUT2D eigenvalue weighted by Crippen LogP contribution is -2.22. The summed E-state index contributed by atoms with van der Waals surface area (Å²) < 4.78 is 5.68. The van der Waals surface area contributed by atoms with Crippen LogP contribution in [0.15, 0.2) is 36.4 Å². The lowest BCUT2D eigenvalue weighted by molar-refractivity contribution is -0.384. The van der Waals surface area contributed by atoms with Gasteiger partial charge in [0, 0.05) is 17.8 Å². The lowest BCUT2D eigenvalue weighted by Gasteiger charge is -2.16. The zero-order valence-corrected chi connectivity index (χ0v) is 15.3. The zero-order valence-electron chi connectivity index (χ0n) is 15.3. The summed E-state index contributed by atoms with van der Waals surface area (Å²) in [5, 5.41) is 25.5. The molecule has 0 aliphatic heterocycles. The van der Waals surface area contributed by atoms with Crippen molar-refractivity contribution >= 4 is 23.0 Å². The Bertz CT molecular complexity index is 903. The Morgan fingerprint density at radius 2 is 2.00 bits per heavy atom.